The third-order valence-electron chi connectivity index (χ3n) is 5.35. The molecule has 3 aliphatic rings. The van der Waals surface area contributed by atoms with Crippen LogP contribution in [0, 0.1) is 23.7 Å². The molecule has 0 aromatic heterocycles. The first kappa shape index (κ1) is 14.6. The third kappa shape index (κ3) is 2.59. The molecule has 0 radical (unpaired) electrons. The van der Waals surface area contributed by atoms with Crippen molar-refractivity contribution in [2.24, 2.45) is 23.7 Å². The summed E-state index contributed by atoms with van der Waals surface area (Å²) in [5.74, 6) is 0.438. The van der Waals surface area contributed by atoms with Crippen LogP contribution in [0.25, 0.3) is 0 Å². The Kier molecular flexibility index (Phi) is 4.02. The average Bonchev–Trinajstić information content (AvgIpc) is 2.73. The average molecular weight is 293 g/mol. The molecular weight excluding hydrogens is 270 g/mol. The third-order valence-corrected chi connectivity index (χ3v) is 5.35. The Bertz CT molecular complexity index is 461. The highest BCUT2D eigenvalue weighted by Crippen LogP contribution is 2.51. The van der Waals surface area contributed by atoms with Crippen molar-refractivity contribution in [3.8, 4) is 0 Å². The number of allylic oxidation sites excluding steroid dienone is 2. The maximum Gasteiger partial charge on any atom is 0.336 e. The molecule has 5 heteroatoms. The Morgan fingerprint density at radius 2 is 1.90 bits per heavy atom. The van der Waals surface area contributed by atoms with Crippen molar-refractivity contribution in [2.45, 2.75) is 51.7 Å². The van der Waals surface area contributed by atoms with E-state index in [1.165, 1.54) is 0 Å². The van der Waals surface area contributed by atoms with Crippen LogP contribution in [-0.4, -0.2) is 28.3 Å². The summed E-state index contributed by atoms with van der Waals surface area (Å²) < 4.78 is 0. The summed E-state index contributed by atoms with van der Waals surface area (Å²) in [5.41, 5.74) is 0. The van der Waals surface area contributed by atoms with Gasteiger partial charge in [-0.15, -0.1) is 5.06 Å². The van der Waals surface area contributed by atoms with Crippen LogP contribution >= 0.6 is 0 Å². The summed E-state index contributed by atoms with van der Waals surface area (Å²) in [6.45, 7) is 2.10. The van der Waals surface area contributed by atoms with E-state index in [-0.39, 0.29) is 24.2 Å². The van der Waals surface area contributed by atoms with Crippen molar-refractivity contribution in [2.75, 3.05) is 0 Å². The van der Waals surface area contributed by atoms with Gasteiger partial charge >= 0.3 is 5.97 Å². The number of amides is 1. The van der Waals surface area contributed by atoms with E-state index in [9.17, 15) is 14.7 Å². The van der Waals surface area contributed by atoms with E-state index in [1.54, 1.807) is 0 Å². The van der Waals surface area contributed by atoms with Crippen molar-refractivity contribution in [1.82, 2.24) is 5.06 Å². The van der Waals surface area contributed by atoms with Crippen molar-refractivity contribution < 1.29 is 19.5 Å². The lowest BCUT2D eigenvalue weighted by Crippen LogP contribution is -2.52. The molecule has 1 aliphatic heterocycles. The van der Waals surface area contributed by atoms with E-state index in [0.717, 1.165) is 30.7 Å². The van der Waals surface area contributed by atoms with E-state index in [2.05, 4.69) is 19.1 Å². The van der Waals surface area contributed by atoms with Gasteiger partial charge in [0, 0.05) is 12.8 Å². The number of aliphatic hydroxyl groups is 1. The summed E-state index contributed by atoms with van der Waals surface area (Å²) in [7, 11) is 0. The molecule has 5 atom stereocenters. The van der Waals surface area contributed by atoms with Gasteiger partial charge < -0.3 is 9.94 Å². The fraction of sp³-hybridized carbons (Fsp3) is 0.750. The van der Waals surface area contributed by atoms with Crippen LogP contribution in [0.5, 0.6) is 0 Å². The molecule has 0 aromatic rings. The van der Waals surface area contributed by atoms with E-state index >= 15 is 0 Å². The second-order valence-electron chi connectivity index (χ2n) is 6.49. The summed E-state index contributed by atoms with van der Waals surface area (Å²) in [6.07, 6.45) is 8.23. The molecule has 1 saturated carbocycles. The second-order valence-corrected chi connectivity index (χ2v) is 6.49. The van der Waals surface area contributed by atoms with Gasteiger partial charge in [0.2, 0.25) is 0 Å². The molecule has 3 rings (SSSR count). The Morgan fingerprint density at radius 3 is 2.52 bits per heavy atom. The molecule has 0 spiro atoms. The smallest absolute Gasteiger partial charge is 0.336 e. The normalized spacial score (nSPS) is 40.8. The summed E-state index contributed by atoms with van der Waals surface area (Å²) in [4.78, 5) is 29.2. The van der Waals surface area contributed by atoms with Crippen molar-refractivity contribution in [1.29, 1.82) is 0 Å². The lowest BCUT2D eigenvalue weighted by atomic mass is 9.54. The summed E-state index contributed by atoms with van der Waals surface area (Å²) in [5, 5.41) is 10.5. The SMILES string of the molecule is CC1C2CC/C=C/CCC2C1C(=O)ON1C(=O)CCC1O. The summed E-state index contributed by atoms with van der Waals surface area (Å²) in [6, 6.07) is 0. The van der Waals surface area contributed by atoms with Crippen LogP contribution in [0.15, 0.2) is 12.2 Å². The Balaban J connectivity index is 1.64. The molecule has 5 nitrogen and oxygen atoms in total. The van der Waals surface area contributed by atoms with Gasteiger partial charge in [0.05, 0.1) is 5.92 Å². The largest absolute Gasteiger partial charge is 0.370 e. The van der Waals surface area contributed by atoms with Crippen LogP contribution in [0.3, 0.4) is 0 Å². The van der Waals surface area contributed by atoms with Crippen molar-refractivity contribution in [3.05, 3.63) is 12.2 Å². The van der Waals surface area contributed by atoms with E-state index in [0.29, 0.717) is 24.2 Å². The van der Waals surface area contributed by atoms with Gasteiger partial charge in [0.15, 0.2) is 6.23 Å². The maximum absolute atomic E-state index is 12.4. The molecule has 21 heavy (non-hydrogen) atoms. The second kappa shape index (κ2) is 5.79. The standard InChI is InChI=1S/C16H23NO4/c1-10-11-6-4-2-3-5-7-12(11)15(10)16(20)21-17-13(18)8-9-14(17)19/h2-3,10-13,15,18H,4-9H2,1H3/b3-2+. The minimum absolute atomic E-state index is 0.137. The number of fused-ring (bicyclic) bond motifs is 1. The van der Waals surface area contributed by atoms with E-state index in [4.69, 9.17) is 4.84 Å². The van der Waals surface area contributed by atoms with Gasteiger partial charge in [-0.05, 0) is 43.4 Å². The number of carbonyl (C=O) groups is 2. The number of hydroxylamine groups is 2. The fourth-order valence-corrected chi connectivity index (χ4v) is 4.16. The lowest BCUT2D eigenvalue weighted by molar-refractivity contribution is -0.233. The van der Waals surface area contributed by atoms with Gasteiger partial charge in [-0.25, -0.2) is 4.79 Å². The molecule has 1 N–H and O–H groups in total. The monoisotopic (exact) mass is 293 g/mol. The van der Waals surface area contributed by atoms with Crippen LogP contribution in [-0.2, 0) is 14.4 Å². The highest BCUT2D eigenvalue weighted by atomic mass is 16.7. The summed E-state index contributed by atoms with van der Waals surface area (Å²) >= 11 is 0. The fourth-order valence-electron chi connectivity index (χ4n) is 4.16. The maximum atomic E-state index is 12.4. The quantitative estimate of drug-likeness (QED) is 0.791. The Morgan fingerprint density at radius 1 is 1.24 bits per heavy atom. The zero-order chi connectivity index (χ0) is 15.0. The lowest BCUT2D eigenvalue weighted by Gasteiger charge is -2.50. The molecular formula is C16H23NO4. The number of carbonyl (C=O) groups excluding carboxylic acids is 2. The molecule has 0 aromatic carbocycles. The van der Waals surface area contributed by atoms with Crippen LogP contribution in [0.2, 0.25) is 0 Å². The number of hydrogen-bond donors (Lipinski definition) is 1. The molecule has 0 bridgehead atoms. The van der Waals surface area contributed by atoms with Crippen molar-refractivity contribution in [3.63, 3.8) is 0 Å². The first-order valence-electron chi connectivity index (χ1n) is 7.96. The minimum atomic E-state index is -0.979. The van der Waals surface area contributed by atoms with Gasteiger partial charge in [-0.3, -0.25) is 4.79 Å². The van der Waals surface area contributed by atoms with E-state index in [1.807, 2.05) is 0 Å². The zero-order valence-electron chi connectivity index (χ0n) is 12.4. The van der Waals surface area contributed by atoms with Crippen LogP contribution in [0.4, 0.5) is 0 Å². The molecule has 2 aliphatic carbocycles. The Hall–Kier alpha value is -1.36. The number of rotatable bonds is 2. The Labute approximate surface area is 124 Å². The number of nitrogens with zero attached hydrogens (tertiary/aromatic N) is 1. The predicted molar refractivity (Wildman–Crippen MR) is 75.4 cm³/mol. The number of aliphatic hydroxyl groups excluding tert-OH is 1. The van der Waals surface area contributed by atoms with E-state index < -0.39 is 6.23 Å². The van der Waals surface area contributed by atoms with Crippen LogP contribution < -0.4 is 0 Å². The highest BCUT2D eigenvalue weighted by Gasteiger charge is 2.52. The number of hydrogen-bond acceptors (Lipinski definition) is 4. The molecule has 5 unspecified atom stereocenters. The van der Waals surface area contributed by atoms with Gasteiger partial charge in [-0.2, -0.15) is 0 Å². The zero-order valence-corrected chi connectivity index (χ0v) is 12.4. The molecule has 2 fully saturated rings. The van der Waals surface area contributed by atoms with Gasteiger partial charge in [0.25, 0.3) is 5.91 Å². The van der Waals surface area contributed by atoms with Crippen molar-refractivity contribution >= 4 is 11.9 Å². The molecule has 1 heterocycles. The first-order chi connectivity index (χ1) is 10.1. The molecule has 1 amide bonds. The highest BCUT2D eigenvalue weighted by molar-refractivity contribution is 5.81. The topological polar surface area (TPSA) is 66.8 Å². The molecule has 1 saturated heterocycles. The van der Waals surface area contributed by atoms with Gasteiger partial charge in [0.1, 0.15) is 0 Å². The molecule has 116 valence electrons. The first-order valence-corrected chi connectivity index (χ1v) is 7.96. The van der Waals surface area contributed by atoms with Gasteiger partial charge in [-0.1, -0.05) is 19.1 Å². The minimum Gasteiger partial charge on any atom is -0.370 e. The van der Waals surface area contributed by atoms with Crippen LogP contribution in [0.1, 0.15) is 45.4 Å². The predicted octanol–water partition coefficient (Wildman–Crippen LogP) is 2.01.